The molecule has 0 radical (unpaired) electrons. The standard InChI is InChI=1S/C15H27NO3/c1-16(9-6-14-3-2-10-17-14)13-4-7-15(8-5-13)18-11-12-19-15/h13-14H,2-12H2,1H3. The Morgan fingerprint density at radius 2 is 1.79 bits per heavy atom. The Balaban J connectivity index is 1.40. The monoisotopic (exact) mass is 269 g/mol. The van der Waals surface area contributed by atoms with Crippen LogP contribution in [0.25, 0.3) is 0 Å². The lowest BCUT2D eigenvalue weighted by Crippen LogP contribution is -2.43. The van der Waals surface area contributed by atoms with Crippen LogP contribution in [0, 0.1) is 0 Å². The summed E-state index contributed by atoms with van der Waals surface area (Å²) in [5.41, 5.74) is 0. The highest BCUT2D eigenvalue weighted by Gasteiger charge is 2.41. The molecule has 4 nitrogen and oxygen atoms in total. The third-order valence-corrected chi connectivity index (χ3v) is 4.98. The predicted molar refractivity (Wildman–Crippen MR) is 73.1 cm³/mol. The molecule has 110 valence electrons. The average molecular weight is 269 g/mol. The summed E-state index contributed by atoms with van der Waals surface area (Å²) in [6, 6.07) is 0.694. The Morgan fingerprint density at radius 1 is 1.05 bits per heavy atom. The van der Waals surface area contributed by atoms with Crippen molar-refractivity contribution in [3.05, 3.63) is 0 Å². The van der Waals surface area contributed by atoms with Gasteiger partial charge in [0.25, 0.3) is 0 Å². The van der Waals surface area contributed by atoms with E-state index in [1.54, 1.807) is 0 Å². The summed E-state index contributed by atoms with van der Waals surface area (Å²) in [5, 5.41) is 0. The summed E-state index contributed by atoms with van der Waals surface area (Å²) < 4.78 is 17.3. The van der Waals surface area contributed by atoms with E-state index in [0.717, 1.165) is 39.2 Å². The van der Waals surface area contributed by atoms with Crippen molar-refractivity contribution in [3.8, 4) is 0 Å². The van der Waals surface area contributed by atoms with Crippen molar-refractivity contribution in [3.63, 3.8) is 0 Å². The van der Waals surface area contributed by atoms with Gasteiger partial charge in [0, 0.05) is 32.0 Å². The molecule has 0 amide bonds. The second-order valence-electron chi connectivity index (χ2n) is 6.24. The maximum absolute atomic E-state index is 5.79. The van der Waals surface area contributed by atoms with Crippen molar-refractivity contribution >= 4 is 0 Å². The largest absolute Gasteiger partial charge is 0.378 e. The van der Waals surface area contributed by atoms with E-state index in [9.17, 15) is 0 Å². The number of hydrogen-bond acceptors (Lipinski definition) is 4. The van der Waals surface area contributed by atoms with Gasteiger partial charge in [-0.3, -0.25) is 0 Å². The van der Waals surface area contributed by atoms with Crippen molar-refractivity contribution in [2.45, 2.75) is 62.9 Å². The summed E-state index contributed by atoms with van der Waals surface area (Å²) in [4.78, 5) is 2.52. The van der Waals surface area contributed by atoms with E-state index < -0.39 is 0 Å². The van der Waals surface area contributed by atoms with Crippen LogP contribution in [-0.2, 0) is 14.2 Å². The maximum atomic E-state index is 5.79. The van der Waals surface area contributed by atoms with Gasteiger partial charge < -0.3 is 19.1 Å². The normalized spacial score (nSPS) is 31.6. The molecule has 1 atom stereocenters. The first-order valence-corrected chi connectivity index (χ1v) is 7.87. The summed E-state index contributed by atoms with van der Waals surface area (Å²) in [6.07, 6.45) is 8.70. The molecule has 3 rings (SSSR count). The SMILES string of the molecule is CN(CCC1CCCO1)C1CCC2(CC1)OCCO2. The van der Waals surface area contributed by atoms with Crippen LogP contribution in [0.5, 0.6) is 0 Å². The molecule has 0 aromatic carbocycles. The topological polar surface area (TPSA) is 30.9 Å². The van der Waals surface area contributed by atoms with Crippen LogP contribution in [0.4, 0.5) is 0 Å². The lowest BCUT2D eigenvalue weighted by Gasteiger charge is -2.39. The number of ether oxygens (including phenoxy) is 3. The van der Waals surface area contributed by atoms with Gasteiger partial charge in [-0.1, -0.05) is 0 Å². The highest BCUT2D eigenvalue weighted by atomic mass is 16.7. The van der Waals surface area contributed by atoms with Crippen molar-refractivity contribution in [2.75, 3.05) is 33.4 Å². The van der Waals surface area contributed by atoms with E-state index in [-0.39, 0.29) is 5.79 Å². The van der Waals surface area contributed by atoms with Crippen LogP contribution in [-0.4, -0.2) is 56.2 Å². The van der Waals surface area contributed by atoms with Crippen LogP contribution in [0.3, 0.4) is 0 Å². The second-order valence-corrected chi connectivity index (χ2v) is 6.24. The lowest BCUT2D eigenvalue weighted by molar-refractivity contribution is -0.183. The molecule has 0 bridgehead atoms. The van der Waals surface area contributed by atoms with Gasteiger partial charge in [0.05, 0.1) is 19.3 Å². The molecule has 19 heavy (non-hydrogen) atoms. The minimum Gasteiger partial charge on any atom is -0.378 e. The van der Waals surface area contributed by atoms with Gasteiger partial charge in [-0.25, -0.2) is 0 Å². The molecule has 2 heterocycles. The number of hydrogen-bond donors (Lipinski definition) is 0. The van der Waals surface area contributed by atoms with E-state index in [0.29, 0.717) is 12.1 Å². The van der Waals surface area contributed by atoms with Gasteiger partial charge in [-0.05, 0) is 39.2 Å². The fourth-order valence-corrected chi connectivity index (χ4v) is 3.67. The van der Waals surface area contributed by atoms with Crippen molar-refractivity contribution < 1.29 is 14.2 Å². The van der Waals surface area contributed by atoms with Gasteiger partial charge in [0.1, 0.15) is 0 Å². The summed E-state index contributed by atoms with van der Waals surface area (Å²) in [5.74, 6) is -0.216. The third-order valence-electron chi connectivity index (χ3n) is 4.98. The van der Waals surface area contributed by atoms with Gasteiger partial charge >= 0.3 is 0 Å². The first kappa shape index (κ1) is 13.8. The first-order chi connectivity index (χ1) is 9.27. The Hall–Kier alpha value is -0.160. The highest BCUT2D eigenvalue weighted by molar-refractivity contribution is 4.86. The van der Waals surface area contributed by atoms with Gasteiger partial charge in [0.2, 0.25) is 0 Å². The fraction of sp³-hybridized carbons (Fsp3) is 1.00. The zero-order chi connectivity index (χ0) is 13.1. The van der Waals surface area contributed by atoms with Crippen LogP contribution in [0.15, 0.2) is 0 Å². The Morgan fingerprint density at radius 3 is 2.42 bits per heavy atom. The molecule has 2 aliphatic heterocycles. The summed E-state index contributed by atoms with van der Waals surface area (Å²) in [7, 11) is 2.26. The molecule has 0 aromatic rings. The number of rotatable bonds is 4. The predicted octanol–water partition coefficient (Wildman–Crippen LogP) is 2.17. The Labute approximate surface area is 116 Å². The van der Waals surface area contributed by atoms with Gasteiger partial charge in [-0.15, -0.1) is 0 Å². The molecular weight excluding hydrogens is 242 g/mol. The lowest BCUT2D eigenvalue weighted by atomic mass is 9.89. The molecule has 1 spiro atoms. The molecule has 1 saturated carbocycles. The van der Waals surface area contributed by atoms with Crippen LogP contribution in [0.1, 0.15) is 44.9 Å². The molecule has 1 aliphatic carbocycles. The smallest absolute Gasteiger partial charge is 0.168 e. The van der Waals surface area contributed by atoms with E-state index >= 15 is 0 Å². The van der Waals surface area contributed by atoms with Crippen LogP contribution < -0.4 is 0 Å². The first-order valence-electron chi connectivity index (χ1n) is 7.87. The maximum Gasteiger partial charge on any atom is 0.168 e. The highest BCUT2D eigenvalue weighted by Crippen LogP contribution is 2.37. The molecule has 0 aromatic heterocycles. The Bertz CT molecular complexity index is 275. The fourth-order valence-electron chi connectivity index (χ4n) is 3.67. The molecule has 3 aliphatic rings. The summed E-state index contributed by atoms with van der Waals surface area (Å²) in [6.45, 7) is 3.68. The average Bonchev–Trinajstić information content (AvgIpc) is 3.09. The Kier molecular flexibility index (Phi) is 4.42. The quantitative estimate of drug-likeness (QED) is 0.782. The van der Waals surface area contributed by atoms with Crippen molar-refractivity contribution in [2.24, 2.45) is 0 Å². The molecule has 2 saturated heterocycles. The van der Waals surface area contributed by atoms with E-state index in [1.165, 1.54) is 32.1 Å². The zero-order valence-corrected chi connectivity index (χ0v) is 12.1. The van der Waals surface area contributed by atoms with Gasteiger partial charge in [0.15, 0.2) is 5.79 Å². The van der Waals surface area contributed by atoms with Crippen molar-refractivity contribution in [1.29, 1.82) is 0 Å². The summed E-state index contributed by atoms with van der Waals surface area (Å²) >= 11 is 0. The molecular formula is C15H27NO3. The van der Waals surface area contributed by atoms with Gasteiger partial charge in [-0.2, -0.15) is 0 Å². The number of nitrogens with zero attached hydrogens (tertiary/aromatic N) is 1. The third kappa shape index (κ3) is 3.30. The van der Waals surface area contributed by atoms with E-state index in [4.69, 9.17) is 14.2 Å². The molecule has 1 unspecified atom stereocenters. The molecule has 3 fully saturated rings. The molecule has 0 N–H and O–H groups in total. The van der Waals surface area contributed by atoms with E-state index in [1.807, 2.05) is 0 Å². The second kappa shape index (κ2) is 6.08. The zero-order valence-electron chi connectivity index (χ0n) is 12.1. The molecule has 4 heteroatoms. The van der Waals surface area contributed by atoms with Crippen LogP contribution >= 0.6 is 0 Å². The minimum absolute atomic E-state index is 0.216. The van der Waals surface area contributed by atoms with Crippen molar-refractivity contribution in [1.82, 2.24) is 4.90 Å². The van der Waals surface area contributed by atoms with Crippen LogP contribution in [0.2, 0.25) is 0 Å². The van der Waals surface area contributed by atoms with E-state index in [2.05, 4.69) is 11.9 Å². The minimum atomic E-state index is -0.216.